The van der Waals surface area contributed by atoms with Crippen molar-refractivity contribution < 1.29 is 47.7 Å². The van der Waals surface area contributed by atoms with Crippen molar-refractivity contribution in [2.45, 2.75) is 58.2 Å². The molecule has 4 aromatic rings. The number of alkyl carbamates (subject to hydrolysis) is 1. The number of amides is 2. The zero-order valence-corrected chi connectivity index (χ0v) is 29.5. The Labute approximate surface area is 301 Å². The molecular weight excluding hydrogens is 691 g/mol. The third kappa shape index (κ3) is 13.1. The number of ether oxygens (including phenoxy) is 2. The van der Waals surface area contributed by atoms with Crippen molar-refractivity contribution >= 4 is 31.7 Å². The van der Waals surface area contributed by atoms with Gasteiger partial charge in [-0.15, -0.1) is 0 Å². The number of carbonyl (C=O) groups is 4. The summed E-state index contributed by atoms with van der Waals surface area (Å²) in [6, 6.07) is 26.9. The highest BCUT2D eigenvalue weighted by Gasteiger charge is 2.37. The molecule has 4 atom stereocenters. The number of aliphatic carboxylic acids is 1. The molecule has 0 aliphatic carbocycles. The maximum Gasteiger partial charge on any atom is 0.409 e. The highest BCUT2D eigenvalue weighted by molar-refractivity contribution is 7.50. The van der Waals surface area contributed by atoms with Crippen LogP contribution >= 0.6 is 7.75 Å². The molecule has 0 saturated heterocycles. The second-order valence-corrected chi connectivity index (χ2v) is 13.6. The van der Waals surface area contributed by atoms with Crippen molar-refractivity contribution in [3.05, 3.63) is 126 Å². The lowest BCUT2D eigenvalue weighted by Crippen LogP contribution is -2.51. The molecule has 1 aromatic heterocycles. The summed E-state index contributed by atoms with van der Waals surface area (Å²) in [6.07, 6.45) is -1.75. The molecule has 3 aromatic carbocycles. The third-order valence-corrected chi connectivity index (χ3v) is 8.59. The van der Waals surface area contributed by atoms with Crippen LogP contribution in [0.2, 0.25) is 0 Å². The summed E-state index contributed by atoms with van der Waals surface area (Å²) in [5.41, 5.74) is 3.40. The van der Waals surface area contributed by atoms with Gasteiger partial charge in [-0.1, -0.05) is 105 Å². The third-order valence-electron chi connectivity index (χ3n) is 7.46. The van der Waals surface area contributed by atoms with Gasteiger partial charge in [0.15, 0.2) is 0 Å². The predicted molar refractivity (Wildman–Crippen MR) is 190 cm³/mol. The van der Waals surface area contributed by atoms with E-state index in [2.05, 4.69) is 20.7 Å². The smallest absolute Gasteiger partial charge is 0.409 e. The number of rotatable bonds is 18. The number of nitrogens with one attached hydrogen (secondary N) is 3. The SMILES string of the molecule is CC(C)C[C@H](NP(=O)(O)OC(NC(=O)OCc1ccccc1)C(=O)OCc1ccccc1)C(=O)N[C@@H](Cc1ccc(-c2ccccn2)cc1)C(=O)O. The Bertz CT molecular complexity index is 1810. The number of carbonyl (C=O) groups excluding carboxylic acids is 3. The molecule has 5 N–H and O–H groups in total. The van der Waals surface area contributed by atoms with E-state index in [9.17, 15) is 33.7 Å². The lowest BCUT2D eigenvalue weighted by molar-refractivity contribution is -0.155. The van der Waals surface area contributed by atoms with Gasteiger partial charge in [0.1, 0.15) is 19.3 Å². The number of benzene rings is 3. The van der Waals surface area contributed by atoms with Gasteiger partial charge in [-0.3, -0.25) is 19.6 Å². The monoisotopic (exact) mass is 732 g/mol. The summed E-state index contributed by atoms with van der Waals surface area (Å²) in [7, 11) is -5.10. The summed E-state index contributed by atoms with van der Waals surface area (Å²) in [6.45, 7) is 3.07. The van der Waals surface area contributed by atoms with E-state index < -0.39 is 50.0 Å². The van der Waals surface area contributed by atoms with Gasteiger partial charge >= 0.3 is 25.8 Å². The first-order valence-corrected chi connectivity index (χ1v) is 18.0. The molecule has 0 bridgehead atoms. The van der Waals surface area contributed by atoms with Crippen molar-refractivity contribution in [3.63, 3.8) is 0 Å². The first-order chi connectivity index (χ1) is 24.9. The van der Waals surface area contributed by atoms with E-state index in [1.165, 1.54) is 0 Å². The molecule has 4 rings (SSSR count). The standard InChI is InChI=1S/C37H41N4O10P/c1-25(2)21-31(33(42)39-32(35(43)44)22-26-16-18-29(19-17-26)30-15-9-10-20-38-30)41-52(47,48)51-34(36(45)49-23-27-11-5-3-6-12-27)40-37(46)50-24-28-13-7-4-8-14-28/h3-20,25,31-32,34H,21-24H2,1-2H3,(H,39,42)(H,40,46)(H,43,44)(H2,41,47,48)/t31-,32-,34?/m0/s1. The molecule has 0 radical (unpaired) electrons. The second kappa shape index (κ2) is 19.3. The van der Waals surface area contributed by atoms with Crippen LogP contribution in [0.15, 0.2) is 109 Å². The number of hydrogen-bond acceptors (Lipinski definition) is 9. The molecule has 0 fully saturated rings. The summed E-state index contributed by atoms with van der Waals surface area (Å²) < 4.78 is 29.0. The lowest BCUT2D eigenvalue weighted by atomic mass is 10.0. The molecule has 1 heterocycles. The first kappa shape index (κ1) is 39.4. The first-order valence-electron chi connectivity index (χ1n) is 16.4. The number of nitrogens with zero attached hydrogens (tertiary/aromatic N) is 1. The minimum atomic E-state index is -5.10. The fourth-order valence-electron chi connectivity index (χ4n) is 4.92. The van der Waals surface area contributed by atoms with Crippen LogP contribution in [-0.4, -0.2) is 57.2 Å². The van der Waals surface area contributed by atoms with Crippen LogP contribution < -0.4 is 15.7 Å². The van der Waals surface area contributed by atoms with Gasteiger partial charge in [0.25, 0.3) is 0 Å². The molecule has 2 amide bonds. The fraction of sp³-hybridized carbons (Fsp3) is 0.270. The Morgan fingerprint density at radius 1 is 0.750 bits per heavy atom. The maximum atomic E-state index is 13.5. The van der Waals surface area contributed by atoms with Gasteiger partial charge < -0.3 is 24.8 Å². The summed E-state index contributed by atoms with van der Waals surface area (Å²) in [5.74, 6) is -3.67. The number of carboxylic acids is 1. The van der Waals surface area contributed by atoms with Crippen LogP contribution in [0.1, 0.15) is 37.0 Å². The van der Waals surface area contributed by atoms with E-state index in [-0.39, 0.29) is 32.0 Å². The van der Waals surface area contributed by atoms with Crippen LogP contribution in [0, 0.1) is 5.92 Å². The van der Waals surface area contributed by atoms with Crippen molar-refractivity contribution in [2.75, 3.05) is 0 Å². The van der Waals surface area contributed by atoms with Crippen LogP contribution in [0.4, 0.5) is 4.79 Å². The molecule has 274 valence electrons. The molecule has 14 nitrogen and oxygen atoms in total. The number of esters is 1. The molecule has 0 aliphatic heterocycles. The van der Waals surface area contributed by atoms with E-state index >= 15 is 0 Å². The number of aromatic nitrogens is 1. The van der Waals surface area contributed by atoms with Gasteiger partial charge in [0.05, 0.1) is 11.7 Å². The molecule has 0 aliphatic rings. The molecule has 0 saturated carbocycles. The van der Waals surface area contributed by atoms with E-state index in [0.29, 0.717) is 16.7 Å². The fourth-order valence-corrected chi connectivity index (χ4v) is 6.02. The van der Waals surface area contributed by atoms with Crippen LogP contribution in [-0.2, 0) is 52.6 Å². The van der Waals surface area contributed by atoms with E-state index in [0.717, 1.165) is 11.3 Å². The van der Waals surface area contributed by atoms with Crippen molar-refractivity contribution in [2.24, 2.45) is 5.92 Å². The summed E-state index contributed by atoms with van der Waals surface area (Å²) in [4.78, 5) is 66.6. The van der Waals surface area contributed by atoms with Crippen molar-refractivity contribution in [3.8, 4) is 11.3 Å². The molecule has 52 heavy (non-hydrogen) atoms. The van der Waals surface area contributed by atoms with Gasteiger partial charge in [-0.2, -0.15) is 0 Å². The largest absolute Gasteiger partial charge is 0.480 e. The summed E-state index contributed by atoms with van der Waals surface area (Å²) >= 11 is 0. The van der Waals surface area contributed by atoms with Crippen LogP contribution in [0.25, 0.3) is 11.3 Å². The topological polar surface area (TPSA) is 202 Å². The molecule has 15 heteroatoms. The maximum absolute atomic E-state index is 13.5. The summed E-state index contributed by atoms with van der Waals surface area (Å²) in [5, 5.41) is 16.7. The van der Waals surface area contributed by atoms with Crippen LogP contribution in [0.3, 0.4) is 0 Å². The quantitative estimate of drug-likeness (QED) is 0.0523. The highest BCUT2D eigenvalue weighted by Crippen LogP contribution is 2.40. The van der Waals surface area contributed by atoms with E-state index in [1.807, 2.05) is 12.1 Å². The zero-order chi connectivity index (χ0) is 37.5. The normalized spacial score (nSPS) is 13.9. The molecule has 2 unspecified atom stereocenters. The average molecular weight is 733 g/mol. The molecule has 0 spiro atoms. The zero-order valence-electron chi connectivity index (χ0n) is 28.6. The predicted octanol–water partition coefficient (Wildman–Crippen LogP) is 4.98. The van der Waals surface area contributed by atoms with Crippen molar-refractivity contribution in [1.82, 2.24) is 20.7 Å². The lowest BCUT2D eigenvalue weighted by Gasteiger charge is -2.26. The van der Waals surface area contributed by atoms with Gasteiger partial charge in [0.2, 0.25) is 12.1 Å². The van der Waals surface area contributed by atoms with Gasteiger partial charge in [-0.05, 0) is 41.2 Å². The highest BCUT2D eigenvalue weighted by atomic mass is 31.2. The minimum Gasteiger partial charge on any atom is -0.480 e. The second-order valence-electron chi connectivity index (χ2n) is 12.1. The Hall–Kier alpha value is -5.40. The Balaban J connectivity index is 1.45. The average Bonchev–Trinajstić information content (AvgIpc) is 3.13. The Morgan fingerprint density at radius 3 is 1.90 bits per heavy atom. The van der Waals surface area contributed by atoms with E-state index in [1.54, 1.807) is 111 Å². The number of hydrogen-bond donors (Lipinski definition) is 5. The van der Waals surface area contributed by atoms with E-state index in [4.69, 9.17) is 14.0 Å². The van der Waals surface area contributed by atoms with Crippen molar-refractivity contribution in [1.29, 1.82) is 0 Å². The molecular formula is C37H41N4O10P. The number of pyridine rings is 1. The minimum absolute atomic E-state index is 0.0273. The Kier molecular flexibility index (Phi) is 14.6. The van der Waals surface area contributed by atoms with Crippen LogP contribution in [0.5, 0.6) is 0 Å². The Morgan fingerprint density at radius 2 is 1.35 bits per heavy atom. The number of carboxylic acid groups (broad SMARTS) is 1. The van der Waals surface area contributed by atoms with Gasteiger partial charge in [0, 0.05) is 18.2 Å². The van der Waals surface area contributed by atoms with Gasteiger partial charge in [-0.25, -0.2) is 24.0 Å².